The van der Waals surface area contributed by atoms with Crippen LogP contribution in [-0.4, -0.2) is 32.8 Å². The van der Waals surface area contributed by atoms with Gasteiger partial charge < -0.3 is 4.90 Å². The molecule has 0 unspecified atom stereocenters. The first-order chi connectivity index (χ1) is 11.6. The van der Waals surface area contributed by atoms with Gasteiger partial charge in [-0.3, -0.25) is 4.79 Å². The van der Waals surface area contributed by atoms with E-state index in [0.29, 0.717) is 5.56 Å². The van der Waals surface area contributed by atoms with E-state index in [1.807, 2.05) is 23.1 Å². The van der Waals surface area contributed by atoms with Gasteiger partial charge in [0.05, 0.1) is 6.04 Å². The van der Waals surface area contributed by atoms with E-state index in [1.165, 1.54) is 16.7 Å². The fourth-order valence-electron chi connectivity index (χ4n) is 3.47. The van der Waals surface area contributed by atoms with Crippen LogP contribution in [0.5, 0.6) is 0 Å². The van der Waals surface area contributed by atoms with Gasteiger partial charge in [0.25, 0.3) is 5.91 Å². The van der Waals surface area contributed by atoms with Crippen LogP contribution in [0.1, 0.15) is 45.9 Å². The molecule has 1 atom stereocenters. The minimum atomic E-state index is 0.0700. The lowest BCUT2D eigenvalue weighted by molar-refractivity contribution is 0.0736. The molecule has 1 saturated heterocycles. The zero-order chi connectivity index (χ0) is 16.7. The second-order valence-corrected chi connectivity index (χ2v) is 6.53. The molecule has 1 N–H and O–H groups in total. The lowest BCUT2D eigenvalue weighted by atomic mass is 9.99. The molecule has 24 heavy (non-hydrogen) atoms. The molecule has 4 rings (SSSR count). The topological polar surface area (TPSA) is 61.9 Å². The van der Waals surface area contributed by atoms with Crippen LogP contribution in [0, 0.1) is 13.8 Å². The van der Waals surface area contributed by atoms with Crippen LogP contribution in [0.3, 0.4) is 0 Å². The molecular formula is C19H20N4O. The van der Waals surface area contributed by atoms with Crippen LogP contribution < -0.4 is 0 Å². The molecule has 3 aromatic rings. The van der Waals surface area contributed by atoms with Gasteiger partial charge in [-0.05, 0) is 61.6 Å². The van der Waals surface area contributed by atoms with Crippen molar-refractivity contribution in [2.75, 3.05) is 6.54 Å². The maximum Gasteiger partial charge on any atom is 0.254 e. The molecule has 5 nitrogen and oxygen atoms in total. The number of benzene rings is 2. The molecule has 1 aliphatic rings. The van der Waals surface area contributed by atoms with E-state index in [4.69, 9.17) is 0 Å². The molecule has 0 spiro atoms. The normalized spacial score (nSPS) is 17.6. The number of fused-ring (bicyclic) bond motifs is 1. The summed E-state index contributed by atoms with van der Waals surface area (Å²) in [6.07, 6.45) is 2.05. The minimum absolute atomic E-state index is 0.0700. The summed E-state index contributed by atoms with van der Waals surface area (Å²) in [5.74, 6) is 0.0700. The Bertz CT molecular complexity index is 915. The molecule has 0 aliphatic carbocycles. The summed E-state index contributed by atoms with van der Waals surface area (Å²) >= 11 is 0. The third-order valence-electron chi connectivity index (χ3n) is 4.99. The van der Waals surface area contributed by atoms with E-state index < -0.39 is 0 Å². The molecule has 0 radical (unpaired) electrons. The number of aromatic nitrogens is 3. The maximum atomic E-state index is 13.0. The molecule has 1 fully saturated rings. The van der Waals surface area contributed by atoms with E-state index in [-0.39, 0.29) is 11.9 Å². The van der Waals surface area contributed by atoms with Crippen molar-refractivity contribution in [1.29, 1.82) is 0 Å². The average molecular weight is 320 g/mol. The average Bonchev–Trinajstić information content (AvgIpc) is 3.24. The Kier molecular flexibility index (Phi) is 3.56. The van der Waals surface area contributed by atoms with Crippen LogP contribution >= 0.6 is 0 Å². The lowest BCUT2D eigenvalue weighted by Crippen LogP contribution is -2.30. The Morgan fingerprint density at radius 3 is 2.75 bits per heavy atom. The summed E-state index contributed by atoms with van der Waals surface area (Å²) in [4.78, 5) is 15.0. The van der Waals surface area contributed by atoms with Crippen LogP contribution in [0.2, 0.25) is 0 Å². The smallest absolute Gasteiger partial charge is 0.254 e. The highest BCUT2D eigenvalue weighted by Crippen LogP contribution is 2.34. The molecular weight excluding hydrogens is 300 g/mol. The second-order valence-electron chi connectivity index (χ2n) is 6.53. The molecule has 0 saturated carbocycles. The highest BCUT2D eigenvalue weighted by Gasteiger charge is 2.30. The Morgan fingerprint density at radius 2 is 1.92 bits per heavy atom. The largest absolute Gasteiger partial charge is 0.332 e. The highest BCUT2D eigenvalue weighted by molar-refractivity contribution is 5.97. The van der Waals surface area contributed by atoms with Crippen LogP contribution in [-0.2, 0) is 0 Å². The van der Waals surface area contributed by atoms with Gasteiger partial charge in [0.15, 0.2) is 0 Å². The number of carbonyl (C=O) groups excluding carboxylic acids is 1. The summed E-state index contributed by atoms with van der Waals surface area (Å²) in [5, 5.41) is 10.7. The first-order valence-corrected chi connectivity index (χ1v) is 8.32. The van der Waals surface area contributed by atoms with Crippen LogP contribution in [0.4, 0.5) is 0 Å². The van der Waals surface area contributed by atoms with Gasteiger partial charge in [0, 0.05) is 12.1 Å². The quantitative estimate of drug-likeness (QED) is 0.785. The zero-order valence-corrected chi connectivity index (χ0v) is 13.9. The van der Waals surface area contributed by atoms with Gasteiger partial charge in [0.1, 0.15) is 11.0 Å². The fraction of sp³-hybridized carbons (Fsp3) is 0.316. The number of H-pyrrole nitrogens is 1. The van der Waals surface area contributed by atoms with Gasteiger partial charge >= 0.3 is 0 Å². The molecule has 1 aliphatic heterocycles. The monoisotopic (exact) mass is 320 g/mol. The summed E-state index contributed by atoms with van der Waals surface area (Å²) in [6.45, 7) is 5.04. The number of rotatable bonds is 2. The Hall–Kier alpha value is -2.69. The minimum Gasteiger partial charge on any atom is -0.332 e. The number of aryl methyl sites for hydroxylation is 2. The van der Waals surface area contributed by atoms with Gasteiger partial charge in [0.2, 0.25) is 0 Å². The summed E-state index contributed by atoms with van der Waals surface area (Å²) in [5.41, 5.74) is 5.96. The Morgan fingerprint density at radius 1 is 1.08 bits per heavy atom. The van der Waals surface area contributed by atoms with Crippen molar-refractivity contribution >= 4 is 16.9 Å². The van der Waals surface area contributed by atoms with Crippen molar-refractivity contribution in [2.24, 2.45) is 0 Å². The Labute approximate surface area is 140 Å². The van der Waals surface area contributed by atoms with E-state index in [0.717, 1.165) is 30.4 Å². The molecule has 1 amide bonds. The van der Waals surface area contributed by atoms with Crippen LogP contribution in [0.15, 0.2) is 36.4 Å². The van der Waals surface area contributed by atoms with E-state index in [2.05, 4.69) is 47.5 Å². The van der Waals surface area contributed by atoms with E-state index >= 15 is 0 Å². The van der Waals surface area contributed by atoms with E-state index in [1.54, 1.807) is 0 Å². The molecule has 0 bridgehead atoms. The third-order valence-corrected chi connectivity index (χ3v) is 4.99. The number of amides is 1. The van der Waals surface area contributed by atoms with Crippen LogP contribution in [0.25, 0.3) is 11.0 Å². The van der Waals surface area contributed by atoms with Gasteiger partial charge in [-0.15, -0.1) is 0 Å². The van der Waals surface area contributed by atoms with Crippen molar-refractivity contribution in [3.8, 4) is 0 Å². The standard InChI is InChI=1S/C19H20N4O/c1-12-5-6-14(10-13(12)2)18-4-3-9-23(18)19(24)15-7-8-16-17(11-15)21-22-20-16/h5-8,10-11,18H,3-4,9H2,1-2H3,(H,20,21,22)/t18-/m1/s1. The maximum absolute atomic E-state index is 13.0. The molecule has 2 aromatic carbocycles. The number of hydrogen-bond acceptors (Lipinski definition) is 3. The van der Waals surface area contributed by atoms with Crippen molar-refractivity contribution in [1.82, 2.24) is 20.3 Å². The fourth-order valence-corrected chi connectivity index (χ4v) is 3.47. The first-order valence-electron chi connectivity index (χ1n) is 8.32. The number of carbonyl (C=O) groups is 1. The van der Waals surface area contributed by atoms with Gasteiger partial charge in [-0.1, -0.05) is 18.2 Å². The summed E-state index contributed by atoms with van der Waals surface area (Å²) < 4.78 is 0. The number of nitrogens with zero attached hydrogens (tertiary/aromatic N) is 3. The lowest BCUT2D eigenvalue weighted by Gasteiger charge is -2.25. The summed E-state index contributed by atoms with van der Waals surface area (Å²) in [7, 11) is 0. The molecule has 5 heteroatoms. The number of nitrogens with one attached hydrogen (secondary N) is 1. The predicted octanol–water partition coefficient (Wildman–Crippen LogP) is 3.55. The predicted molar refractivity (Wildman–Crippen MR) is 92.8 cm³/mol. The van der Waals surface area contributed by atoms with Crippen molar-refractivity contribution in [2.45, 2.75) is 32.7 Å². The van der Waals surface area contributed by atoms with Crippen molar-refractivity contribution < 1.29 is 4.79 Å². The van der Waals surface area contributed by atoms with Crippen molar-refractivity contribution in [3.63, 3.8) is 0 Å². The molecule has 122 valence electrons. The zero-order valence-electron chi connectivity index (χ0n) is 13.9. The molecule has 2 heterocycles. The van der Waals surface area contributed by atoms with E-state index in [9.17, 15) is 4.79 Å². The number of hydrogen-bond donors (Lipinski definition) is 1. The first kappa shape index (κ1) is 14.9. The SMILES string of the molecule is Cc1ccc([C@H]2CCCN2C(=O)c2ccc3n[nH]nc3c2)cc1C. The summed E-state index contributed by atoms with van der Waals surface area (Å²) in [6, 6.07) is 12.2. The van der Waals surface area contributed by atoms with Crippen molar-refractivity contribution in [3.05, 3.63) is 58.7 Å². The molecule has 1 aromatic heterocycles. The highest BCUT2D eigenvalue weighted by atomic mass is 16.2. The Balaban J connectivity index is 1.66. The third kappa shape index (κ3) is 2.46. The number of likely N-dealkylation sites (tertiary alicyclic amines) is 1. The van der Waals surface area contributed by atoms with Gasteiger partial charge in [-0.25, -0.2) is 0 Å². The second kappa shape index (κ2) is 5.74. The number of aromatic amines is 1. The van der Waals surface area contributed by atoms with Gasteiger partial charge in [-0.2, -0.15) is 15.4 Å².